The molecule has 0 radical (unpaired) electrons. The normalized spacial score (nSPS) is 15.1. The molecular weight excluding hydrogens is 326 g/mol. The molecule has 3 aromatic rings. The number of piperidine rings is 1. The first kappa shape index (κ1) is 16.7. The van der Waals surface area contributed by atoms with Gasteiger partial charge in [0.15, 0.2) is 0 Å². The van der Waals surface area contributed by atoms with E-state index in [1.807, 2.05) is 37.3 Å². The van der Waals surface area contributed by atoms with Crippen molar-refractivity contribution in [1.82, 2.24) is 20.3 Å². The Bertz CT molecular complexity index is 856. The van der Waals surface area contributed by atoms with Gasteiger partial charge in [-0.2, -0.15) is 0 Å². The molecule has 1 aliphatic heterocycles. The summed E-state index contributed by atoms with van der Waals surface area (Å²) in [6.45, 7) is 4.62. The topological polar surface area (TPSA) is 75.9 Å². The monoisotopic (exact) mass is 349 g/mol. The molecule has 0 bridgehead atoms. The molecule has 0 unspecified atom stereocenters. The SMILES string of the molecule is Cc1nc(NCc2coc(-c3ccccc3)n2)cc(C2CCNCC2)n1. The average Bonchev–Trinajstić information content (AvgIpc) is 3.16. The van der Waals surface area contributed by atoms with Gasteiger partial charge in [-0.05, 0) is 45.0 Å². The first-order chi connectivity index (χ1) is 12.8. The van der Waals surface area contributed by atoms with Crippen LogP contribution in [0.3, 0.4) is 0 Å². The number of hydrogen-bond donors (Lipinski definition) is 2. The van der Waals surface area contributed by atoms with Gasteiger partial charge < -0.3 is 15.1 Å². The van der Waals surface area contributed by atoms with Crippen LogP contribution in [-0.4, -0.2) is 28.0 Å². The summed E-state index contributed by atoms with van der Waals surface area (Å²) in [5.74, 6) is 2.79. The van der Waals surface area contributed by atoms with Gasteiger partial charge in [-0.15, -0.1) is 0 Å². The predicted molar refractivity (Wildman–Crippen MR) is 101 cm³/mol. The fourth-order valence-electron chi connectivity index (χ4n) is 3.29. The van der Waals surface area contributed by atoms with E-state index in [9.17, 15) is 0 Å². The van der Waals surface area contributed by atoms with Crippen molar-refractivity contribution < 1.29 is 4.42 Å². The predicted octanol–water partition coefficient (Wildman–Crippen LogP) is 3.52. The molecule has 1 fully saturated rings. The maximum Gasteiger partial charge on any atom is 0.226 e. The Hall–Kier alpha value is -2.73. The van der Waals surface area contributed by atoms with Gasteiger partial charge in [0.1, 0.15) is 17.9 Å². The van der Waals surface area contributed by atoms with Crippen molar-refractivity contribution in [1.29, 1.82) is 0 Å². The molecule has 4 rings (SSSR count). The zero-order valence-electron chi connectivity index (χ0n) is 14.9. The minimum Gasteiger partial charge on any atom is -0.444 e. The van der Waals surface area contributed by atoms with E-state index >= 15 is 0 Å². The van der Waals surface area contributed by atoms with Gasteiger partial charge in [0.2, 0.25) is 5.89 Å². The van der Waals surface area contributed by atoms with Crippen LogP contribution in [-0.2, 0) is 6.54 Å². The Morgan fingerprint density at radius 2 is 1.92 bits per heavy atom. The van der Waals surface area contributed by atoms with E-state index in [0.29, 0.717) is 18.4 Å². The first-order valence-corrected chi connectivity index (χ1v) is 9.08. The zero-order chi connectivity index (χ0) is 17.8. The largest absolute Gasteiger partial charge is 0.444 e. The lowest BCUT2D eigenvalue weighted by Crippen LogP contribution is -2.27. The third-order valence-corrected chi connectivity index (χ3v) is 4.64. The van der Waals surface area contributed by atoms with Crippen LogP contribution in [0.2, 0.25) is 0 Å². The van der Waals surface area contributed by atoms with Gasteiger partial charge in [0.05, 0.1) is 12.2 Å². The number of oxazole rings is 1. The van der Waals surface area contributed by atoms with Crippen molar-refractivity contribution >= 4 is 5.82 Å². The standard InChI is InChI=1S/C20H23N5O/c1-14-23-18(15-7-9-21-10-8-15)11-19(24-14)22-12-17-13-26-20(25-17)16-5-3-2-4-6-16/h2-6,11,13,15,21H,7-10,12H2,1H3,(H,22,23,24). The van der Waals surface area contributed by atoms with Crippen molar-refractivity contribution in [3.05, 3.63) is 59.9 Å². The van der Waals surface area contributed by atoms with Gasteiger partial charge in [-0.1, -0.05) is 18.2 Å². The van der Waals surface area contributed by atoms with Crippen LogP contribution >= 0.6 is 0 Å². The van der Waals surface area contributed by atoms with Crippen LogP contribution in [0.5, 0.6) is 0 Å². The Morgan fingerprint density at radius 3 is 2.73 bits per heavy atom. The highest BCUT2D eigenvalue weighted by Crippen LogP contribution is 2.25. The third-order valence-electron chi connectivity index (χ3n) is 4.64. The summed E-state index contributed by atoms with van der Waals surface area (Å²) in [6, 6.07) is 12.0. The number of rotatable bonds is 5. The van der Waals surface area contributed by atoms with Crippen molar-refractivity contribution in [3.8, 4) is 11.5 Å². The Labute approximate surface area is 153 Å². The third kappa shape index (κ3) is 3.91. The minimum absolute atomic E-state index is 0.509. The van der Waals surface area contributed by atoms with Gasteiger partial charge in [0.25, 0.3) is 0 Å². The van der Waals surface area contributed by atoms with Crippen LogP contribution < -0.4 is 10.6 Å². The summed E-state index contributed by atoms with van der Waals surface area (Å²) >= 11 is 0. The summed E-state index contributed by atoms with van der Waals surface area (Å²) in [7, 11) is 0. The van der Waals surface area contributed by atoms with Crippen molar-refractivity contribution in [2.24, 2.45) is 0 Å². The fraction of sp³-hybridized carbons (Fsp3) is 0.350. The van der Waals surface area contributed by atoms with Crippen molar-refractivity contribution in [2.75, 3.05) is 18.4 Å². The molecule has 1 aromatic carbocycles. The highest BCUT2D eigenvalue weighted by atomic mass is 16.3. The molecule has 134 valence electrons. The molecule has 0 amide bonds. The molecule has 0 saturated carbocycles. The molecule has 2 aromatic heterocycles. The van der Waals surface area contributed by atoms with Gasteiger partial charge >= 0.3 is 0 Å². The molecule has 0 aliphatic carbocycles. The second-order valence-corrected chi connectivity index (χ2v) is 6.61. The van der Waals surface area contributed by atoms with E-state index in [0.717, 1.165) is 54.5 Å². The van der Waals surface area contributed by atoms with Crippen LogP contribution in [0.15, 0.2) is 47.1 Å². The molecular formula is C20H23N5O. The molecule has 2 N–H and O–H groups in total. The van der Waals surface area contributed by atoms with E-state index in [4.69, 9.17) is 4.42 Å². The van der Waals surface area contributed by atoms with Crippen molar-refractivity contribution in [3.63, 3.8) is 0 Å². The van der Waals surface area contributed by atoms with Gasteiger partial charge in [-0.25, -0.2) is 15.0 Å². The lowest BCUT2D eigenvalue weighted by atomic mass is 9.94. The summed E-state index contributed by atoms with van der Waals surface area (Å²) < 4.78 is 5.59. The van der Waals surface area contributed by atoms with Crippen LogP contribution in [0.1, 0.15) is 36.0 Å². The summed E-state index contributed by atoms with van der Waals surface area (Å²) in [6.07, 6.45) is 3.94. The second kappa shape index (κ2) is 7.66. The van der Waals surface area contributed by atoms with Gasteiger partial charge in [-0.3, -0.25) is 0 Å². The number of benzene rings is 1. The minimum atomic E-state index is 0.509. The molecule has 0 spiro atoms. The molecule has 6 heteroatoms. The second-order valence-electron chi connectivity index (χ2n) is 6.61. The summed E-state index contributed by atoms with van der Waals surface area (Å²) in [5, 5.41) is 6.76. The summed E-state index contributed by atoms with van der Waals surface area (Å²) in [5.41, 5.74) is 2.96. The highest BCUT2D eigenvalue weighted by molar-refractivity contribution is 5.52. The van der Waals surface area contributed by atoms with E-state index in [1.54, 1.807) is 6.26 Å². The molecule has 0 atom stereocenters. The number of nitrogens with one attached hydrogen (secondary N) is 2. The van der Waals surface area contributed by atoms with Crippen LogP contribution in [0, 0.1) is 6.92 Å². The molecule has 3 heterocycles. The average molecular weight is 349 g/mol. The van der Waals surface area contributed by atoms with Crippen LogP contribution in [0.4, 0.5) is 5.82 Å². The quantitative estimate of drug-likeness (QED) is 0.734. The van der Waals surface area contributed by atoms with E-state index in [-0.39, 0.29) is 0 Å². The number of aryl methyl sites for hydroxylation is 1. The Morgan fingerprint density at radius 1 is 1.12 bits per heavy atom. The van der Waals surface area contributed by atoms with Gasteiger partial charge in [0, 0.05) is 23.2 Å². The Balaban J connectivity index is 1.45. The smallest absolute Gasteiger partial charge is 0.226 e. The maximum atomic E-state index is 5.59. The van der Waals surface area contributed by atoms with Crippen LogP contribution in [0.25, 0.3) is 11.5 Å². The summed E-state index contributed by atoms with van der Waals surface area (Å²) in [4.78, 5) is 13.7. The molecule has 1 saturated heterocycles. The zero-order valence-corrected chi connectivity index (χ0v) is 14.9. The molecule has 6 nitrogen and oxygen atoms in total. The highest BCUT2D eigenvalue weighted by Gasteiger charge is 2.18. The number of anilines is 1. The first-order valence-electron chi connectivity index (χ1n) is 9.08. The number of hydrogen-bond acceptors (Lipinski definition) is 6. The fourth-order valence-corrected chi connectivity index (χ4v) is 3.29. The number of aromatic nitrogens is 3. The van der Waals surface area contributed by atoms with E-state index < -0.39 is 0 Å². The van der Waals surface area contributed by atoms with E-state index in [1.165, 1.54) is 0 Å². The molecule has 1 aliphatic rings. The Kier molecular flexibility index (Phi) is 4.93. The molecule has 26 heavy (non-hydrogen) atoms. The lowest BCUT2D eigenvalue weighted by molar-refractivity contribution is 0.452. The maximum absolute atomic E-state index is 5.59. The van der Waals surface area contributed by atoms with Crippen molar-refractivity contribution in [2.45, 2.75) is 32.2 Å². The number of nitrogens with zero attached hydrogens (tertiary/aromatic N) is 3. The van der Waals surface area contributed by atoms with E-state index in [2.05, 4.69) is 31.7 Å². The lowest BCUT2D eigenvalue weighted by Gasteiger charge is -2.22.